The van der Waals surface area contributed by atoms with E-state index in [1.54, 1.807) is 21.3 Å². The van der Waals surface area contributed by atoms with E-state index in [1.165, 1.54) is 11.1 Å². The number of nitrogens with zero attached hydrogens (tertiary/aromatic N) is 1. The Kier molecular flexibility index (Phi) is 10.5. The van der Waals surface area contributed by atoms with Crippen molar-refractivity contribution in [3.63, 3.8) is 0 Å². The Balaban J connectivity index is 0.00000392. The van der Waals surface area contributed by atoms with Crippen LogP contribution in [0.5, 0.6) is 17.2 Å². The summed E-state index contributed by atoms with van der Waals surface area (Å²) in [4.78, 5) is 4.69. The summed E-state index contributed by atoms with van der Waals surface area (Å²) in [6.45, 7) is 6.03. The van der Waals surface area contributed by atoms with Gasteiger partial charge in [0.2, 0.25) is 0 Å². The Morgan fingerprint density at radius 2 is 1.61 bits per heavy atom. The second-order valence-corrected chi connectivity index (χ2v) is 5.99. The van der Waals surface area contributed by atoms with E-state index >= 15 is 0 Å². The maximum atomic E-state index is 5.51. The first-order valence-electron chi connectivity index (χ1n) is 8.98. The van der Waals surface area contributed by atoms with Crippen LogP contribution in [0.1, 0.15) is 23.6 Å². The predicted octanol–water partition coefficient (Wildman–Crippen LogP) is 3.89. The van der Waals surface area contributed by atoms with Gasteiger partial charge >= 0.3 is 0 Å². The lowest BCUT2D eigenvalue weighted by Crippen LogP contribution is -2.37. The minimum atomic E-state index is 0. The maximum absolute atomic E-state index is 5.51. The SMILES string of the molecule is CCNC(=NCc1ccccc1C)NCc1c(OC)cc(OC)cc1OC.I. The van der Waals surface area contributed by atoms with Crippen LogP contribution in [0.15, 0.2) is 41.4 Å². The molecule has 2 aromatic rings. The molecule has 154 valence electrons. The predicted molar refractivity (Wildman–Crippen MR) is 124 cm³/mol. The molecule has 2 rings (SSSR count). The van der Waals surface area contributed by atoms with Crippen LogP contribution in [-0.2, 0) is 13.1 Å². The number of rotatable bonds is 8. The van der Waals surface area contributed by atoms with Gasteiger partial charge in [0.1, 0.15) is 17.2 Å². The van der Waals surface area contributed by atoms with E-state index in [1.807, 2.05) is 31.2 Å². The van der Waals surface area contributed by atoms with Crippen molar-refractivity contribution in [2.24, 2.45) is 4.99 Å². The molecule has 0 aromatic heterocycles. The monoisotopic (exact) mass is 499 g/mol. The van der Waals surface area contributed by atoms with Crippen LogP contribution in [0.25, 0.3) is 0 Å². The molecule has 0 atom stereocenters. The second-order valence-electron chi connectivity index (χ2n) is 5.99. The molecule has 2 N–H and O–H groups in total. The summed E-state index contributed by atoms with van der Waals surface area (Å²) in [5.41, 5.74) is 3.34. The summed E-state index contributed by atoms with van der Waals surface area (Å²) >= 11 is 0. The number of methoxy groups -OCH3 is 3. The lowest BCUT2D eigenvalue weighted by molar-refractivity contribution is 0.368. The van der Waals surface area contributed by atoms with E-state index in [4.69, 9.17) is 19.2 Å². The third kappa shape index (κ3) is 6.47. The molecule has 0 amide bonds. The average molecular weight is 499 g/mol. The Bertz CT molecular complexity index is 756. The van der Waals surface area contributed by atoms with Crippen molar-refractivity contribution in [3.05, 3.63) is 53.1 Å². The molecule has 0 aliphatic carbocycles. The third-order valence-electron chi connectivity index (χ3n) is 4.26. The van der Waals surface area contributed by atoms with Crippen LogP contribution >= 0.6 is 24.0 Å². The Hall–Kier alpha value is -2.16. The second kappa shape index (κ2) is 12.3. The van der Waals surface area contributed by atoms with Gasteiger partial charge in [-0.1, -0.05) is 24.3 Å². The van der Waals surface area contributed by atoms with Crippen LogP contribution in [0, 0.1) is 6.92 Å². The van der Waals surface area contributed by atoms with E-state index in [0.717, 1.165) is 18.1 Å². The lowest BCUT2D eigenvalue weighted by atomic mass is 10.1. The van der Waals surface area contributed by atoms with E-state index < -0.39 is 0 Å². The molecule has 0 saturated heterocycles. The molecule has 0 aliphatic heterocycles. The fraction of sp³-hybridized carbons (Fsp3) is 0.381. The highest BCUT2D eigenvalue weighted by molar-refractivity contribution is 14.0. The zero-order valence-electron chi connectivity index (χ0n) is 17.2. The van der Waals surface area contributed by atoms with Gasteiger partial charge in [0.05, 0.1) is 40.0 Å². The minimum absolute atomic E-state index is 0. The smallest absolute Gasteiger partial charge is 0.191 e. The molecule has 28 heavy (non-hydrogen) atoms. The highest BCUT2D eigenvalue weighted by atomic mass is 127. The molecule has 0 bridgehead atoms. The highest BCUT2D eigenvalue weighted by Gasteiger charge is 2.13. The zero-order chi connectivity index (χ0) is 19.6. The van der Waals surface area contributed by atoms with E-state index in [2.05, 4.69) is 29.7 Å². The minimum Gasteiger partial charge on any atom is -0.496 e. The largest absolute Gasteiger partial charge is 0.496 e. The van der Waals surface area contributed by atoms with Crippen LogP contribution in [0.3, 0.4) is 0 Å². The fourth-order valence-electron chi connectivity index (χ4n) is 2.72. The van der Waals surface area contributed by atoms with E-state index in [0.29, 0.717) is 30.3 Å². The maximum Gasteiger partial charge on any atom is 0.191 e. The lowest BCUT2D eigenvalue weighted by Gasteiger charge is -2.17. The number of hydrogen-bond donors (Lipinski definition) is 2. The van der Waals surface area contributed by atoms with Gasteiger partial charge in [0.25, 0.3) is 0 Å². The first-order chi connectivity index (χ1) is 13.1. The van der Waals surface area contributed by atoms with Crippen molar-refractivity contribution in [3.8, 4) is 17.2 Å². The molecule has 0 fully saturated rings. The molecule has 2 aromatic carbocycles. The van der Waals surface area contributed by atoms with Gasteiger partial charge in [0, 0.05) is 18.7 Å². The zero-order valence-corrected chi connectivity index (χ0v) is 19.5. The Labute approximate surface area is 184 Å². The van der Waals surface area contributed by atoms with Gasteiger partial charge < -0.3 is 24.8 Å². The molecule has 0 saturated carbocycles. The molecule has 0 heterocycles. The first-order valence-corrected chi connectivity index (χ1v) is 8.98. The normalized spacial score (nSPS) is 10.7. The van der Waals surface area contributed by atoms with Crippen LogP contribution in [-0.4, -0.2) is 33.8 Å². The average Bonchev–Trinajstić information content (AvgIpc) is 2.70. The van der Waals surface area contributed by atoms with E-state index in [9.17, 15) is 0 Å². The molecule has 0 unspecified atom stereocenters. The molecular weight excluding hydrogens is 469 g/mol. The van der Waals surface area contributed by atoms with Gasteiger partial charge in [-0.25, -0.2) is 4.99 Å². The standard InChI is InChI=1S/C21H29N3O3.HI/c1-6-22-21(23-13-16-10-8-7-9-15(16)2)24-14-18-19(26-4)11-17(25-3)12-20(18)27-5;/h7-12H,6,13-14H2,1-5H3,(H2,22,23,24);1H. The fourth-order valence-corrected chi connectivity index (χ4v) is 2.72. The van der Waals surface area contributed by atoms with Crippen LogP contribution in [0.2, 0.25) is 0 Å². The van der Waals surface area contributed by atoms with Gasteiger partial charge in [-0.2, -0.15) is 0 Å². The molecule has 0 spiro atoms. The number of hydrogen-bond acceptors (Lipinski definition) is 4. The van der Waals surface area contributed by atoms with Crippen molar-refractivity contribution in [2.75, 3.05) is 27.9 Å². The Morgan fingerprint density at radius 1 is 0.964 bits per heavy atom. The molecular formula is C21H30IN3O3. The summed E-state index contributed by atoms with van der Waals surface area (Å²) < 4.78 is 16.3. The number of aryl methyl sites for hydroxylation is 1. The van der Waals surface area contributed by atoms with Gasteiger partial charge in [-0.15, -0.1) is 24.0 Å². The van der Waals surface area contributed by atoms with E-state index in [-0.39, 0.29) is 24.0 Å². The van der Waals surface area contributed by atoms with Crippen molar-refractivity contribution in [1.29, 1.82) is 0 Å². The summed E-state index contributed by atoms with van der Waals surface area (Å²) in [6, 6.07) is 11.9. The summed E-state index contributed by atoms with van der Waals surface area (Å²) in [7, 11) is 4.89. The summed E-state index contributed by atoms with van der Waals surface area (Å²) in [5.74, 6) is 2.83. The number of aliphatic imine (C=N–C) groups is 1. The third-order valence-corrected chi connectivity index (χ3v) is 4.26. The summed E-state index contributed by atoms with van der Waals surface area (Å²) in [6.07, 6.45) is 0. The van der Waals surface area contributed by atoms with Gasteiger partial charge in [-0.3, -0.25) is 0 Å². The van der Waals surface area contributed by atoms with Crippen LogP contribution < -0.4 is 24.8 Å². The van der Waals surface area contributed by atoms with Gasteiger partial charge in [-0.05, 0) is 25.0 Å². The number of ether oxygens (including phenoxy) is 3. The summed E-state index contributed by atoms with van der Waals surface area (Å²) in [5, 5.41) is 6.62. The van der Waals surface area contributed by atoms with Crippen molar-refractivity contribution in [1.82, 2.24) is 10.6 Å². The van der Waals surface area contributed by atoms with Gasteiger partial charge in [0.15, 0.2) is 5.96 Å². The van der Waals surface area contributed by atoms with Crippen molar-refractivity contribution in [2.45, 2.75) is 26.9 Å². The number of halogens is 1. The first kappa shape index (κ1) is 23.9. The van der Waals surface area contributed by atoms with Crippen molar-refractivity contribution < 1.29 is 14.2 Å². The topological polar surface area (TPSA) is 64.1 Å². The molecule has 6 nitrogen and oxygen atoms in total. The number of nitrogens with one attached hydrogen (secondary N) is 2. The molecule has 7 heteroatoms. The Morgan fingerprint density at radius 3 is 2.14 bits per heavy atom. The van der Waals surface area contributed by atoms with Crippen molar-refractivity contribution >= 4 is 29.9 Å². The number of guanidine groups is 1. The van der Waals surface area contributed by atoms with Crippen LogP contribution in [0.4, 0.5) is 0 Å². The highest BCUT2D eigenvalue weighted by Crippen LogP contribution is 2.33. The number of benzene rings is 2. The quantitative estimate of drug-likeness (QED) is 0.328. The molecule has 0 radical (unpaired) electrons. The molecule has 0 aliphatic rings.